The highest BCUT2D eigenvalue weighted by Gasteiger charge is 2.49. The van der Waals surface area contributed by atoms with Gasteiger partial charge in [0.25, 0.3) is 0 Å². The van der Waals surface area contributed by atoms with E-state index in [0.29, 0.717) is 23.2 Å². The van der Waals surface area contributed by atoms with Crippen LogP contribution >= 0.6 is 0 Å². The zero-order valence-corrected chi connectivity index (χ0v) is 15.5. The zero-order chi connectivity index (χ0) is 17.7. The highest BCUT2D eigenvalue weighted by atomic mass is 16.3. The van der Waals surface area contributed by atoms with Crippen molar-refractivity contribution in [2.75, 3.05) is 0 Å². The summed E-state index contributed by atoms with van der Waals surface area (Å²) in [5.41, 5.74) is 3.88. The molecule has 0 aromatic heterocycles. The number of aliphatic hydroxyl groups is 1. The molecule has 2 aliphatic carbocycles. The Morgan fingerprint density at radius 2 is 1.96 bits per heavy atom. The number of hydrogen-bond acceptors (Lipinski definition) is 2. The molecule has 3 heteroatoms. The van der Waals surface area contributed by atoms with Crippen molar-refractivity contribution in [1.29, 1.82) is 0 Å². The zero-order valence-electron chi connectivity index (χ0n) is 15.5. The Balaban J connectivity index is 0.000000816. The van der Waals surface area contributed by atoms with Crippen LogP contribution in [-0.2, 0) is 4.79 Å². The van der Waals surface area contributed by atoms with Crippen molar-refractivity contribution in [3.63, 3.8) is 0 Å². The molecule has 0 heterocycles. The number of amides is 1. The van der Waals surface area contributed by atoms with E-state index < -0.39 is 5.60 Å². The smallest absolute Gasteiger partial charge is 0.204 e. The van der Waals surface area contributed by atoms with Crippen LogP contribution in [-0.4, -0.2) is 17.1 Å². The van der Waals surface area contributed by atoms with Crippen LogP contribution in [0.5, 0.6) is 0 Å². The van der Waals surface area contributed by atoms with Gasteiger partial charge in [0.15, 0.2) is 0 Å². The van der Waals surface area contributed by atoms with Crippen molar-refractivity contribution >= 4 is 6.41 Å². The lowest BCUT2D eigenvalue weighted by molar-refractivity contribution is -0.106. The molecule has 132 valence electrons. The van der Waals surface area contributed by atoms with Gasteiger partial charge in [0.2, 0.25) is 6.41 Å². The van der Waals surface area contributed by atoms with Crippen LogP contribution < -0.4 is 5.73 Å². The molecule has 3 nitrogen and oxygen atoms in total. The summed E-state index contributed by atoms with van der Waals surface area (Å²) in [6, 6.07) is 0. The summed E-state index contributed by atoms with van der Waals surface area (Å²) in [6.45, 7) is 11.6. The number of carbonyl (C=O) groups excluding carboxylic acids is 1. The molecular weight excluding hydrogens is 286 g/mol. The first kappa shape index (κ1) is 20.0. The van der Waals surface area contributed by atoms with E-state index in [1.807, 2.05) is 6.08 Å². The predicted octanol–water partition coefficient (Wildman–Crippen LogP) is 4.07. The summed E-state index contributed by atoms with van der Waals surface area (Å²) >= 11 is 0. The second-order valence-electron chi connectivity index (χ2n) is 8.20. The minimum absolute atomic E-state index is 0.250. The normalized spacial score (nSPS) is 35.5. The van der Waals surface area contributed by atoms with E-state index in [9.17, 15) is 5.11 Å². The van der Waals surface area contributed by atoms with Gasteiger partial charge in [-0.3, -0.25) is 4.79 Å². The molecule has 4 atom stereocenters. The molecule has 3 unspecified atom stereocenters. The molecule has 0 spiro atoms. The van der Waals surface area contributed by atoms with Gasteiger partial charge in [0.05, 0.1) is 5.60 Å². The lowest BCUT2D eigenvalue weighted by Crippen LogP contribution is -2.51. The molecule has 0 aromatic rings. The lowest BCUT2D eigenvalue weighted by atomic mass is 9.56. The Morgan fingerprint density at radius 1 is 1.35 bits per heavy atom. The van der Waals surface area contributed by atoms with Crippen LogP contribution in [0, 0.1) is 29.1 Å². The first-order valence-electron chi connectivity index (χ1n) is 8.95. The van der Waals surface area contributed by atoms with E-state index >= 15 is 0 Å². The fourth-order valence-corrected chi connectivity index (χ4v) is 4.46. The van der Waals surface area contributed by atoms with Gasteiger partial charge < -0.3 is 10.8 Å². The van der Waals surface area contributed by atoms with Crippen LogP contribution in [0.1, 0.15) is 60.3 Å². The van der Waals surface area contributed by atoms with Crippen LogP contribution in [0.4, 0.5) is 0 Å². The molecule has 0 aliphatic heterocycles. The first-order chi connectivity index (χ1) is 10.7. The van der Waals surface area contributed by atoms with E-state index in [0.717, 1.165) is 12.8 Å². The SMILES string of the molecule is CC[C@@H]1C=CC=CC1(O)C1CC(C)(C)CCC1C(C)C.NC=O. The Labute approximate surface area is 142 Å². The van der Waals surface area contributed by atoms with Crippen molar-refractivity contribution < 1.29 is 9.90 Å². The van der Waals surface area contributed by atoms with Gasteiger partial charge in [-0.1, -0.05) is 58.9 Å². The molecule has 1 fully saturated rings. The molecule has 0 saturated heterocycles. The van der Waals surface area contributed by atoms with Crippen molar-refractivity contribution in [3.8, 4) is 0 Å². The monoisotopic (exact) mass is 321 g/mol. The first-order valence-corrected chi connectivity index (χ1v) is 8.95. The molecule has 0 radical (unpaired) electrons. The van der Waals surface area contributed by atoms with Crippen molar-refractivity contribution in [2.45, 2.75) is 65.9 Å². The average Bonchev–Trinajstić information content (AvgIpc) is 2.47. The summed E-state index contributed by atoms with van der Waals surface area (Å²) in [4.78, 5) is 8.58. The van der Waals surface area contributed by atoms with Gasteiger partial charge >= 0.3 is 0 Å². The Morgan fingerprint density at radius 3 is 2.48 bits per heavy atom. The number of hydrogen-bond donors (Lipinski definition) is 2. The van der Waals surface area contributed by atoms with Crippen LogP contribution in [0.3, 0.4) is 0 Å². The molecular formula is C20H35NO2. The van der Waals surface area contributed by atoms with Gasteiger partial charge in [-0.05, 0) is 48.9 Å². The van der Waals surface area contributed by atoms with Crippen molar-refractivity contribution in [3.05, 3.63) is 24.3 Å². The topological polar surface area (TPSA) is 63.3 Å². The molecule has 3 N–H and O–H groups in total. The van der Waals surface area contributed by atoms with Crippen molar-refractivity contribution in [2.24, 2.45) is 34.8 Å². The van der Waals surface area contributed by atoms with Crippen LogP contribution in [0.25, 0.3) is 0 Å². The summed E-state index contributed by atoms with van der Waals surface area (Å²) in [5.74, 6) is 1.94. The van der Waals surface area contributed by atoms with Gasteiger partial charge in [-0.15, -0.1) is 0 Å². The minimum Gasteiger partial charge on any atom is -0.385 e. The Bertz CT molecular complexity index is 439. The van der Waals surface area contributed by atoms with Gasteiger partial charge in [0, 0.05) is 5.92 Å². The summed E-state index contributed by atoms with van der Waals surface area (Å²) in [7, 11) is 0. The summed E-state index contributed by atoms with van der Waals surface area (Å²) < 4.78 is 0. The fraction of sp³-hybridized carbons (Fsp3) is 0.750. The van der Waals surface area contributed by atoms with Gasteiger partial charge in [0.1, 0.15) is 0 Å². The Hall–Kier alpha value is -1.09. The molecule has 1 amide bonds. The molecule has 2 rings (SSSR count). The standard InChI is InChI=1S/C19H32O.CH3NO/c1-6-15-9-7-8-11-19(15,20)17-13-18(4,5)12-10-16(17)14(2)3;2-1-3/h7-9,11,14-17,20H,6,10,12-13H2,1-5H3;1H,(H2,2,3)/t15-,16?,17?,19?;/m1./s1. The molecule has 0 aromatic carbocycles. The molecule has 1 saturated carbocycles. The maximum atomic E-state index is 11.5. The highest BCUT2D eigenvalue weighted by Crippen LogP contribution is 2.51. The second kappa shape index (κ2) is 8.14. The molecule has 23 heavy (non-hydrogen) atoms. The number of carbonyl (C=O) groups is 1. The fourth-order valence-electron chi connectivity index (χ4n) is 4.46. The summed E-state index contributed by atoms with van der Waals surface area (Å²) in [6.07, 6.45) is 13.4. The number of allylic oxidation sites excluding steroid dienone is 2. The molecule has 0 bridgehead atoms. The third-order valence-electron chi connectivity index (χ3n) is 5.75. The third kappa shape index (κ3) is 4.69. The van der Waals surface area contributed by atoms with E-state index in [2.05, 4.69) is 58.6 Å². The van der Waals surface area contributed by atoms with Crippen molar-refractivity contribution in [1.82, 2.24) is 0 Å². The second-order valence-corrected chi connectivity index (χ2v) is 8.20. The average molecular weight is 322 g/mol. The van der Waals surface area contributed by atoms with Crippen LogP contribution in [0.15, 0.2) is 24.3 Å². The number of primary amides is 1. The maximum Gasteiger partial charge on any atom is 0.204 e. The van der Waals surface area contributed by atoms with Crippen LogP contribution in [0.2, 0.25) is 0 Å². The number of nitrogens with two attached hydrogens (primary N) is 1. The molecule has 2 aliphatic rings. The quantitative estimate of drug-likeness (QED) is 0.770. The highest BCUT2D eigenvalue weighted by molar-refractivity contribution is 5.42. The maximum absolute atomic E-state index is 11.5. The largest absolute Gasteiger partial charge is 0.385 e. The minimum atomic E-state index is -0.643. The summed E-state index contributed by atoms with van der Waals surface area (Å²) in [5, 5.41) is 11.5. The van der Waals surface area contributed by atoms with E-state index in [-0.39, 0.29) is 12.3 Å². The van der Waals surface area contributed by atoms with Gasteiger partial charge in [-0.2, -0.15) is 0 Å². The third-order valence-corrected chi connectivity index (χ3v) is 5.75. The predicted molar refractivity (Wildman–Crippen MR) is 96.7 cm³/mol. The van der Waals surface area contributed by atoms with Gasteiger partial charge in [-0.25, -0.2) is 0 Å². The van der Waals surface area contributed by atoms with E-state index in [1.165, 1.54) is 12.8 Å². The lowest BCUT2D eigenvalue weighted by Gasteiger charge is -2.51. The Kier molecular flexibility index (Phi) is 7.06. The number of rotatable bonds is 3. The van der Waals surface area contributed by atoms with E-state index in [1.54, 1.807) is 0 Å². The van der Waals surface area contributed by atoms with E-state index in [4.69, 9.17) is 4.79 Å².